The Bertz CT molecular complexity index is 1610. The fourth-order valence-electron chi connectivity index (χ4n) is 3.74. The average molecular weight is 568 g/mol. The van der Waals surface area contributed by atoms with Crippen LogP contribution in [0.2, 0.25) is 0 Å². The van der Waals surface area contributed by atoms with Crippen molar-refractivity contribution in [1.29, 1.82) is 0 Å². The van der Waals surface area contributed by atoms with Crippen molar-refractivity contribution in [3.05, 3.63) is 65.5 Å². The largest absolute Gasteiger partial charge is 0.493 e. The number of ether oxygens (including phenoxy) is 3. The van der Waals surface area contributed by atoms with Gasteiger partial charge in [0.05, 0.1) is 21.3 Å². The van der Waals surface area contributed by atoms with Crippen molar-refractivity contribution in [2.45, 2.75) is 25.3 Å². The van der Waals surface area contributed by atoms with Crippen LogP contribution < -0.4 is 30.0 Å². The van der Waals surface area contributed by atoms with E-state index >= 15 is 0 Å². The molecule has 14 heteroatoms. The zero-order valence-corrected chi connectivity index (χ0v) is 23.4. The Hall–Kier alpha value is -4.85. The van der Waals surface area contributed by atoms with Crippen LogP contribution in [0, 0.1) is 6.92 Å². The van der Waals surface area contributed by atoms with Gasteiger partial charge in [0, 0.05) is 35.6 Å². The third kappa shape index (κ3) is 6.58. The predicted octanol–water partition coefficient (Wildman–Crippen LogP) is 3.93. The van der Waals surface area contributed by atoms with Crippen LogP contribution in [0.4, 0.5) is 23.1 Å². The number of hydrogen-bond donors (Lipinski definition) is 3. The van der Waals surface area contributed by atoms with Gasteiger partial charge in [-0.25, -0.2) is 4.98 Å². The summed E-state index contributed by atoms with van der Waals surface area (Å²) >= 11 is 0. The Balaban J connectivity index is 1.42. The first-order valence-corrected chi connectivity index (χ1v) is 13.4. The van der Waals surface area contributed by atoms with Gasteiger partial charge in [0.25, 0.3) is 16.0 Å². The van der Waals surface area contributed by atoms with E-state index in [0.29, 0.717) is 52.2 Å². The molecule has 4 aromatic rings. The average Bonchev–Trinajstić information content (AvgIpc) is 3.38. The summed E-state index contributed by atoms with van der Waals surface area (Å²) in [5, 5.41) is 6.46. The molecule has 0 radical (unpaired) electrons. The highest BCUT2D eigenvalue weighted by Crippen LogP contribution is 2.39. The first kappa shape index (κ1) is 28.2. The number of hydrogen-bond acceptors (Lipinski definition) is 11. The van der Waals surface area contributed by atoms with E-state index < -0.39 is 10.0 Å². The highest BCUT2D eigenvalue weighted by molar-refractivity contribution is 7.92. The molecule has 0 aliphatic carbocycles. The first-order chi connectivity index (χ1) is 19.1. The molecule has 210 valence electrons. The van der Waals surface area contributed by atoms with Crippen LogP contribution in [0.5, 0.6) is 17.2 Å². The Labute approximate surface area is 231 Å². The van der Waals surface area contributed by atoms with Crippen molar-refractivity contribution < 1.29 is 27.2 Å². The maximum absolute atomic E-state index is 12.4. The van der Waals surface area contributed by atoms with Crippen molar-refractivity contribution in [2.24, 2.45) is 4.99 Å². The molecule has 0 aliphatic rings. The Morgan fingerprint density at radius 2 is 1.68 bits per heavy atom. The highest BCUT2D eigenvalue weighted by Gasteiger charge is 2.19. The molecule has 13 nitrogen and oxygen atoms in total. The Kier molecular flexibility index (Phi) is 8.38. The van der Waals surface area contributed by atoms with Crippen molar-refractivity contribution in [1.82, 2.24) is 15.1 Å². The number of rotatable bonds is 10. The molecule has 2 heterocycles. The molecule has 0 bridgehead atoms. The number of anilines is 3. The highest BCUT2D eigenvalue weighted by atomic mass is 32.2. The lowest BCUT2D eigenvalue weighted by molar-refractivity contribution is 0.324. The molecule has 0 fully saturated rings. The van der Waals surface area contributed by atoms with Gasteiger partial charge in [0.1, 0.15) is 17.4 Å². The second-order valence-electron chi connectivity index (χ2n) is 8.57. The van der Waals surface area contributed by atoms with Gasteiger partial charge in [0.2, 0.25) is 10.8 Å². The van der Waals surface area contributed by atoms with Crippen LogP contribution in [0.3, 0.4) is 0 Å². The molecule has 0 unspecified atom stereocenters. The van der Waals surface area contributed by atoms with Crippen molar-refractivity contribution in [2.75, 3.05) is 37.1 Å². The molecule has 4 rings (SSSR count). The molecule has 0 saturated carbocycles. The second kappa shape index (κ2) is 11.9. The smallest absolute Gasteiger partial charge is 0.282 e. The lowest BCUT2D eigenvalue weighted by Gasteiger charge is -2.14. The van der Waals surface area contributed by atoms with Crippen LogP contribution in [0.25, 0.3) is 0 Å². The molecule has 4 N–H and O–H groups in total. The van der Waals surface area contributed by atoms with E-state index in [9.17, 15) is 8.42 Å². The lowest BCUT2D eigenvalue weighted by Crippen LogP contribution is -2.13. The second-order valence-corrected chi connectivity index (χ2v) is 10.2. The van der Waals surface area contributed by atoms with Gasteiger partial charge >= 0.3 is 0 Å². The summed E-state index contributed by atoms with van der Waals surface area (Å²) in [6.07, 6.45) is 2.06. The van der Waals surface area contributed by atoms with Gasteiger partial charge in [0.15, 0.2) is 11.5 Å². The number of benzene rings is 2. The molecule has 40 heavy (non-hydrogen) atoms. The van der Waals surface area contributed by atoms with E-state index in [1.165, 1.54) is 6.07 Å². The molecule has 0 atom stereocenters. The van der Waals surface area contributed by atoms with E-state index in [4.69, 9.17) is 24.5 Å². The van der Waals surface area contributed by atoms with E-state index in [1.54, 1.807) is 65.6 Å². The minimum atomic E-state index is -3.85. The minimum Gasteiger partial charge on any atom is -0.493 e. The Morgan fingerprint density at radius 1 is 1.02 bits per heavy atom. The fourth-order valence-corrected chi connectivity index (χ4v) is 4.75. The molecule has 0 spiro atoms. The van der Waals surface area contributed by atoms with Gasteiger partial charge in [-0.2, -0.15) is 18.4 Å². The summed E-state index contributed by atoms with van der Waals surface area (Å²) in [6, 6.07) is 11.6. The van der Waals surface area contributed by atoms with Crippen LogP contribution in [0.1, 0.15) is 23.8 Å². The number of nitrogen functional groups attached to an aromatic ring is 1. The third-order valence-electron chi connectivity index (χ3n) is 5.62. The van der Waals surface area contributed by atoms with Crippen LogP contribution in [-0.2, 0) is 16.4 Å². The zero-order valence-electron chi connectivity index (χ0n) is 22.5. The molecule has 0 aliphatic heterocycles. The van der Waals surface area contributed by atoms with Gasteiger partial charge in [-0.15, -0.1) is 0 Å². The van der Waals surface area contributed by atoms with Crippen molar-refractivity contribution >= 4 is 39.0 Å². The van der Waals surface area contributed by atoms with Crippen molar-refractivity contribution in [3.8, 4) is 17.2 Å². The fraction of sp³-hybridized carbons (Fsp3) is 0.231. The molecule has 2 aromatic carbocycles. The molecule has 2 aromatic heterocycles. The number of nitrogens with one attached hydrogen (secondary N) is 2. The molecular weight excluding hydrogens is 538 g/mol. The standard InChI is InChI=1S/C26H29N7O6S/c1-15-10-23(32-39-15)40(34,35)33-20-8-6-19(7-9-20)29-16(2)30-26-28-14-18(25(27)31-26)11-17-12-21(36-3)24(38-5)22(13-17)37-4/h6-10,12-14,33H,11H2,1-5H3,(H3,27,28,29,30,31). The van der Waals surface area contributed by atoms with Crippen LogP contribution in [-0.4, -0.2) is 50.7 Å². The summed E-state index contributed by atoms with van der Waals surface area (Å²) in [5.74, 6) is 2.95. The number of amidine groups is 1. The predicted molar refractivity (Wildman–Crippen MR) is 150 cm³/mol. The third-order valence-corrected chi connectivity index (χ3v) is 6.86. The van der Waals surface area contributed by atoms with E-state index in [0.717, 1.165) is 5.56 Å². The minimum absolute atomic E-state index is 0.184. The summed E-state index contributed by atoms with van der Waals surface area (Å²) in [5.41, 5.74) is 8.83. The zero-order chi connectivity index (χ0) is 28.9. The van der Waals surface area contributed by atoms with E-state index in [2.05, 4.69) is 30.2 Å². The van der Waals surface area contributed by atoms with Crippen molar-refractivity contribution in [3.63, 3.8) is 0 Å². The number of aromatic nitrogens is 3. The lowest BCUT2D eigenvalue weighted by atomic mass is 10.1. The van der Waals surface area contributed by atoms with Gasteiger partial charge in [-0.3, -0.25) is 4.72 Å². The normalized spacial score (nSPS) is 11.7. The van der Waals surface area contributed by atoms with Crippen LogP contribution >= 0.6 is 0 Å². The molecule has 0 saturated heterocycles. The quantitative estimate of drug-likeness (QED) is 0.187. The van der Waals surface area contributed by atoms with Gasteiger partial charge in [-0.1, -0.05) is 5.16 Å². The molecule has 0 amide bonds. The summed E-state index contributed by atoms with van der Waals surface area (Å²) in [7, 11) is 0.801. The monoisotopic (exact) mass is 567 g/mol. The van der Waals surface area contributed by atoms with Gasteiger partial charge in [-0.05, 0) is 55.8 Å². The summed E-state index contributed by atoms with van der Waals surface area (Å²) < 4.78 is 48.3. The number of nitrogens with zero attached hydrogens (tertiary/aromatic N) is 4. The SMILES string of the molecule is COc1cc(Cc2cnc(N=C(C)Nc3ccc(NS(=O)(=O)c4cc(C)on4)cc3)nc2N)cc(OC)c1OC. The number of aryl methyl sites for hydroxylation is 1. The van der Waals surface area contributed by atoms with E-state index in [-0.39, 0.29) is 16.8 Å². The number of methoxy groups -OCH3 is 3. The Morgan fingerprint density at radius 3 is 2.23 bits per heavy atom. The van der Waals surface area contributed by atoms with Gasteiger partial charge < -0.3 is 29.8 Å². The summed E-state index contributed by atoms with van der Waals surface area (Å²) in [4.78, 5) is 13.0. The van der Waals surface area contributed by atoms with E-state index in [1.807, 2.05) is 12.1 Å². The maximum Gasteiger partial charge on any atom is 0.282 e. The molecular formula is C26H29N7O6S. The topological polar surface area (TPSA) is 176 Å². The number of sulfonamides is 1. The summed E-state index contributed by atoms with van der Waals surface area (Å²) in [6.45, 7) is 3.36. The number of nitrogens with two attached hydrogens (primary N) is 1. The maximum atomic E-state index is 12.4. The number of aliphatic imine (C=N–C) groups is 1. The first-order valence-electron chi connectivity index (χ1n) is 11.9. The van der Waals surface area contributed by atoms with Crippen LogP contribution in [0.15, 0.2) is 63.2 Å².